The molecule has 8 heteroatoms. The molecule has 0 amide bonds. The summed E-state index contributed by atoms with van der Waals surface area (Å²) in [7, 11) is 5.73. The van der Waals surface area contributed by atoms with E-state index in [1.807, 2.05) is 0 Å². The third-order valence-corrected chi connectivity index (χ3v) is 4.78. The van der Waals surface area contributed by atoms with Crippen LogP contribution in [-0.2, 0) is 9.53 Å². The number of phenols is 2. The van der Waals surface area contributed by atoms with Crippen molar-refractivity contribution in [2.24, 2.45) is 0 Å². The number of ether oxygens (including phenoxy) is 5. The average Bonchev–Trinajstić information content (AvgIpc) is 2.78. The zero-order valence-corrected chi connectivity index (χ0v) is 17.7. The van der Waals surface area contributed by atoms with Gasteiger partial charge in [-0.3, -0.25) is 4.79 Å². The number of phenolic OH excluding ortho intramolecular Hbond substituents is 2. The fourth-order valence-electron chi connectivity index (χ4n) is 3.22. The molecule has 1 saturated heterocycles. The van der Waals surface area contributed by atoms with Crippen molar-refractivity contribution in [3.05, 3.63) is 46.5 Å². The van der Waals surface area contributed by atoms with Crippen LogP contribution < -0.4 is 18.9 Å². The molecule has 1 aliphatic rings. The number of hydrogen-bond acceptors (Lipinski definition) is 8. The van der Waals surface area contributed by atoms with Crippen LogP contribution in [0.5, 0.6) is 34.5 Å². The molecule has 8 nitrogen and oxygen atoms in total. The Morgan fingerprint density at radius 2 is 1.03 bits per heavy atom. The molecule has 3 rings (SSSR count). The molecule has 2 N–H and O–H groups in total. The fourth-order valence-corrected chi connectivity index (χ4v) is 3.22. The Hall–Kier alpha value is -3.65. The highest BCUT2D eigenvalue weighted by atomic mass is 16.5. The molecule has 0 atom stereocenters. The summed E-state index contributed by atoms with van der Waals surface area (Å²) in [5.41, 5.74) is 2.11. The lowest BCUT2D eigenvalue weighted by atomic mass is 9.97. The van der Waals surface area contributed by atoms with Gasteiger partial charge in [0.05, 0.1) is 41.7 Å². The first-order valence-electron chi connectivity index (χ1n) is 9.35. The highest BCUT2D eigenvalue weighted by Crippen LogP contribution is 2.39. The van der Waals surface area contributed by atoms with Crippen molar-refractivity contribution in [1.82, 2.24) is 0 Å². The zero-order valence-electron chi connectivity index (χ0n) is 17.7. The minimum absolute atomic E-state index is 0.116. The molecule has 2 aromatic rings. The number of methoxy groups -OCH3 is 4. The summed E-state index contributed by atoms with van der Waals surface area (Å²) < 4.78 is 26.3. The van der Waals surface area contributed by atoms with Crippen LogP contribution in [0.3, 0.4) is 0 Å². The van der Waals surface area contributed by atoms with Gasteiger partial charge in [0.15, 0.2) is 28.8 Å². The van der Waals surface area contributed by atoms with Gasteiger partial charge in [-0.15, -0.1) is 0 Å². The minimum Gasteiger partial charge on any atom is -0.502 e. The maximum atomic E-state index is 13.0. The molecule has 31 heavy (non-hydrogen) atoms. The van der Waals surface area contributed by atoms with Gasteiger partial charge in [-0.05, 0) is 47.5 Å². The lowest BCUT2D eigenvalue weighted by molar-refractivity contribution is -0.114. The highest BCUT2D eigenvalue weighted by Gasteiger charge is 2.22. The second-order valence-corrected chi connectivity index (χ2v) is 6.71. The predicted molar refractivity (Wildman–Crippen MR) is 114 cm³/mol. The Kier molecular flexibility index (Phi) is 6.71. The van der Waals surface area contributed by atoms with Gasteiger partial charge in [0, 0.05) is 11.1 Å². The SMILES string of the molecule is COc1cc(C=C2COCC(=Cc3cc(OC)c(O)c(OC)c3)C2=O)cc(OC)c1O. The third-order valence-electron chi connectivity index (χ3n) is 4.78. The van der Waals surface area contributed by atoms with E-state index in [9.17, 15) is 15.0 Å². The number of aromatic hydroxyl groups is 2. The van der Waals surface area contributed by atoms with Crippen LogP contribution in [0.4, 0.5) is 0 Å². The van der Waals surface area contributed by atoms with Crippen molar-refractivity contribution in [2.45, 2.75) is 0 Å². The van der Waals surface area contributed by atoms with E-state index in [0.717, 1.165) is 0 Å². The van der Waals surface area contributed by atoms with Gasteiger partial charge < -0.3 is 33.9 Å². The molecule has 0 aliphatic carbocycles. The van der Waals surface area contributed by atoms with E-state index in [1.54, 1.807) is 36.4 Å². The van der Waals surface area contributed by atoms with Crippen LogP contribution >= 0.6 is 0 Å². The fraction of sp³-hybridized carbons (Fsp3) is 0.261. The Bertz CT molecular complexity index is 920. The van der Waals surface area contributed by atoms with E-state index in [1.165, 1.54) is 28.4 Å². The van der Waals surface area contributed by atoms with Gasteiger partial charge in [-0.1, -0.05) is 0 Å². The molecule has 0 unspecified atom stereocenters. The van der Waals surface area contributed by atoms with Crippen LogP contribution in [0.2, 0.25) is 0 Å². The largest absolute Gasteiger partial charge is 0.502 e. The summed E-state index contributed by atoms with van der Waals surface area (Å²) in [6, 6.07) is 6.41. The van der Waals surface area contributed by atoms with E-state index in [2.05, 4.69) is 0 Å². The van der Waals surface area contributed by atoms with Crippen molar-refractivity contribution in [1.29, 1.82) is 0 Å². The van der Waals surface area contributed by atoms with Crippen LogP contribution in [-0.4, -0.2) is 57.6 Å². The predicted octanol–water partition coefficient (Wildman–Crippen LogP) is 3.20. The van der Waals surface area contributed by atoms with Gasteiger partial charge >= 0.3 is 0 Å². The maximum absolute atomic E-state index is 13.0. The first-order chi connectivity index (χ1) is 14.9. The number of ketones is 1. The second-order valence-electron chi connectivity index (χ2n) is 6.71. The number of carbonyl (C=O) groups is 1. The van der Waals surface area contributed by atoms with Crippen LogP contribution in [0.25, 0.3) is 12.2 Å². The minimum atomic E-state index is -0.178. The van der Waals surface area contributed by atoms with Crippen LogP contribution in [0.15, 0.2) is 35.4 Å². The summed E-state index contributed by atoms with van der Waals surface area (Å²) >= 11 is 0. The van der Waals surface area contributed by atoms with Gasteiger partial charge in [-0.25, -0.2) is 0 Å². The zero-order chi connectivity index (χ0) is 22.5. The number of benzene rings is 2. The molecular formula is C23H24O8. The maximum Gasteiger partial charge on any atom is 0.200 e. The van der Waals surface area contributed by atoms with Gasteiger partial charge in [-0.2, -0.15) is 0 Å². The number of rotatable bonds is 6. The summed E-state index contributed by atoms with van der Waals surface area (Å²) in [5, 5.41) is 20.1. The van der Waals surface area contributed by atoms with Gasteiger partial charge in [0.25, 0.3) is 0 Å². The Balaban J connectivity index is 1.97. The van der Waals surface area contributed by atoms with Crippen molar-refractivity contribution < 1.29 is 38.7 Å². The highest BCUT2D eigenvalue weighted by molar-refractivity contribution is 6.14. The molecule has 0 aromatic heterocycles. The van der Waals surface area contributed by atoms with E-state index in [0.29, 0.717) is 22.3 Å². The molecule has 1 heterocycles. The monoisotopic (exact) mass is 428 g/mol. The van der Waals surface area contributed by atoms with E-state index < -0.39 is 0 Å². The van der Waals surface area contributed by atoms with Gasteiger partial charge in [0.1, 0.15) is 0 Å². The van der Waals surface area contributed by atoms with E-state index >= 15 is 0 Å². The molecule has 0 bridgehead atoms. The lowest BCUT2D eigenvalue weighted by Gasteiger charge is -2.18. The molecular weight excluding hydrogens is 404 g/mol. The number of Topliss-reactive ketones (excluding diaryl/α,β-unsaturated/α-hetero) is 1. The Morgan fingerprint density at radius 3 is 1.32 bits per heavy atom. The topological polar surface area (TPSA) is 104 Å². The van der Waals surface area contributed by atoms with Crippen LogP contribution in [0.1, 0.15) is 11.1 Å². The van der Waals surface area contributed by atoms with Crippen LogP contribution in [0, 0.1) is 0 Å². The molecule has 1 fully saturated rings. The molecule has 0 saturated carbocycles. The first kappa shape index (κ1) is 22.0. The summed E-state index contributed by atoms with van der Waals surface area (Å²) in [5.74, 6) is 0.513. The molecule has 0 spiro atoms. The third kappa shape index (κ3) is 4.59. The molecule has 0 radical (unpaired) electrons. The van der Waals surface area contributed by atoms with Crippen molar-refractivity contribution in [3.8, 4) is 34.5 Å². The van der Waals surface area contributed by atoms with E-state index in [-0.39, 0.29) is 53.5 Å². The quantitative estimate of drug-likeness (QED) is 0.676. The lowest BCUT2D eigenvalue weighted by Crippen LogP contribution is -2.21. The van der Waals surface area contributed by atoms with Gasteiger partial charge in [0.2, 0.25) is 11.5 Å². The molecule has 1 aliphatic heterocycles. The van der Waals surface area contributed by atoms with E-state index in [4.69, 9.17) is 23.7 Å². The standard InChI is InChI=1S/C23H24O8/c1-27-17-7-13(8-18(28-2)22(17)25)5-15-11-31-12-16(21(15)24)6-14-9-19(29-3)23(26)20(10-14)30-4/h5-10,25-26H,11-12H2,1-4H3. The van der Waals surface area contributed by atoms with Crippen molar-refractivity contribution in [2.75, 3.05) is 41.7 Å². The second kappa shape index (κ2) is 9.44. The smallest absolute Gasteiger partial charge is 0.200 e. The Labute approximate surface area is 179 Å². The molecule has 164 valence electrons. The molecule has 2 aromatic carbocycles. The first-order valence-corrected chi connectivity index (χ1v) is 9.35. The number of carbonyl (C=O) groups excluding carboxylic acids is 1. The summed E-state index contributed by atoms with van der Waals surface area (Å²) in [6.07, 6.45) is 3.33. The average molecular weight is 428 g/mol. The van der Waals surface area contributed by atoms with Crippen molar-refractivity contribution >= 4 is 17.9 Å². The normalized spacial score (nSPS) is 16.5. The number of hydrogen-bond donors (Lipinski definition) is 2. The summed E-state index contributed by atoms with van der Waals surface area (Å²) in [6.45, 7) is 0.286. The summed E-state index contributed by atoms with van der Waals surface area (Å²) in [4.78, 5) is 13.0. The Morgan fingerprint density at radius 1 is 0.710 bits per heavy atom. The van der Waals surface area contributed by atoms with Crippen molar-refractivity contribution in [3.63, 3.8) is 0 Å².